The minimum absolute atomic E-state index is 0.200. The number of rotatable bonds is 3. The van der Waals surface area contributed by atoms with Crippen molar-refractivity contribution in [3.63, 3.8) is 0 Å². The van der Waals surface area contributed by atoms with Gasteiger partial charge in [-0.3, -0.25) is 9.59 Å². The van der Waals surface area contributed by atoms with E-state index in [1.165, 1.54) is 17.1 Å². The van der Waals surface area contributed by atoms with Gasteiger partial charge in [-0.05, 0) is 36.6 Å². The number of aromatic nitrogens is 1. The topological polar surface area (TPSA) is 39.1 Å². The number of nitrogens with zero attached hydrogens (tertiary/aromatic N) is 1. The first kappa shape index (κ1) is 13.3. The molecule has 1 aromatic heterocycles. The van der Waals surface area contributed by atoms with Gasteiger partial charge in [-0.2, -0.15) is 0 Å². The fourth-order valence-electron chi connectivity index (χ4n) is 2.10. The Balaban J connectivity index is 2.54. The number of ketones is 1. The fourth-order valence-corrected chi connectivity index (χ4v) is 2.10. The molecule has 0 radical (unpaired) electrons. The number of pyridine rings is 1. The SMILES string of the molecule is CCc1ccc(-c2ccc(C(C)=O)c(=O)n2C)cc1. The number of Topliss-reactive ketones (excluding diaryl/α,β-unsaturated/α-hetero) is 1. The third-order valence-electron chi connectivity index (χ3n) is 3.34. The van der Waals surface area contributed by atoms with Crippen LogP contribution in [0.4, 0.5) is 0 Å². The van der Waals surface area contributed by atoms with Crippen LogP contribution in [0, 0.1) is 0 Å². The van der Waals surface area contributed by atoms with Crippen molar-refractivity contribution in [2.45, 2.75) is 20.3 Å². The standard InChI is InChI=1S/C16H17NO2/c1-4-12-5-7-13(8-6-12)15-10-9-14(11(2)18)16(19)17(15)3/h5-10H,4H2,1-3H3. The van der Waals surface area contributed by atoms with Crippen molar-refractivity contribution in [3.05, 3.63) is 57.9 Å². The summed E-state index contributed by atoms with van der Waals surface area (Å²) in [6.45, 7) is 3.51. The van der Waals surface area contributed by atoms with Crippen molar-refractivity contribution >= 4 is 5.78 Å². The van der Waals surface area contributed by atoms with Crippen LogP contribution in [-0.4, -0.2) is 10.4 Å². The molecule has 0 amide bonds. The molecule has 0 saturated carbocycles. The second-order valence-electron chi connectivity index (χ2n) is 4.60. The van der Waals surface area contributed by atoms with Gasteiger partial charge in [0.05, 0.1) is 11.3 Å². The normalized spacial score (nSPS) is 10.5. The highest BCUT2D eigenvalue weighted by Gasteiger charge is 2.10. The predicted octanol–water partition coefficient (Wildman–Crippen LogP) is 2.82. The molecule has 0 bridgehead atoms. The van der Waals surface area contributed by atoms with Crippen LogP contribution in [0.1, 0.15) is 29.8 Å². The van der Waals surface area contributed by atoms with Gasteiger partial charge in [0.15, 0.2) is 5.78 Å². The maximum atomic E-state index is 12.1. The van der Waals surface area contributed by atoms with E-state index in [4.69, 9.17) is 0 Å². The van der Waals surface area contributed by atoms with Gasteiger partial charge >= 0.3 is 0 Å². The lowest BCUT2D eigenvalue weighted by Gasteiger charge is -2.10. The molecule has 0 unspecified atom stereocenters. The van der Waals surface area contributed by atoms with Crippen molar-refractivity contribution in [2.75, 3.05) is 0 Å². The molecule has 0 aliphatic rings. The summed E-state index contributed by atoms with van der Waals surface area (Å²) in [5, 5.41) is 0. The summed E-state index contributed by atoms with van der Waals surface area (Å²) in [6.07, 6.45) is 0.989. The van der Waals surface area contributed by atoms with Crippen LogP contribution in [0.5, 0.6) is 0 Å². The second-order valence-corrected chi connectivity index (χ2v) is 4.60. The van der Waals surface area contributed by atoms with Crippen molar-refractivity contribution in [1.29, 1.82) is 0 Å². The van der Waals surface area contributed by atoms with Crippen LogP contribution in [-0.2, 0) is 13.5 Å². The Morgan fingerprint density at radius 2 is 1.74 bits per heavy atom. The quantitative estimate of drug-likeness (QED) is 0.791. The molecule has 19 heavy (non-hydrogen) atoms. The lowest BCUT2D eigenvalue weighted by atomic mass is 10.1. The fraction of sp³-hybridized carbons (Fsp3) is 0.250. The summed E-state index contributed by atoms with van der Waals surface area (Å²) in [5.41, 5.74) is 3.04. The van der Waals surface area contributed by atoms with Crippen LogP contribution in [0.25, 0.3) is 11.3 Å². The number of carbonyl (C=O) groups is 1. The summed E-state index contributed by atoms with van der Waals surface area (Å²) >= 11 is 0. The molecular weight excluding hydrogens is 238 g/mol. The van der Waals surface area contributed by atoms with Crippen molar-refractivity contribution < 1.29 is 4.79 Å². The highest BCUT2D eigenvalue weighted by atomic mass is 16.1. The summed E-state index contributed by atoms with van der Waals surface area (Å²) in [7, 11) is 1.69. The van der Waals surface area contributed by atoms with E-state index < -0.39 is 0 Å². The van der Waals surface area contributed by atoms with E-state index in [9.17, 15) is 9.59 Å². The zero-order valence-electron chi connectivity index (χ0n) is 11.4. The van der Waals surface area contributed by atoms with Crippen molar-refractivity contribution in [1.82, 2.24) is 4.57 Å². The minimum atomic E-state index is -0.246. The largest absolute Gasteiger partial charge is 0.311 e. The van der Waals surface area contributed by atoms with Crippen LogP contribution in [0.2, 0.25) is 0 Å². The number of benzene rings is 1. The van der Waals surface area contributed by atoms with E-state index in [1.807, 2.05) is 18.2 Å². The molecule has 0 aliphatic carbocycles. The van der Waals surface area contributed by atoms with E-state index in [1.54, 1.807) is 13.1 Å². The molecule has 0 atom stereocenters. The van der Waals surface area contributed by atoms with E-state index in [2.05, 4.69) is 19.1 Å². The first-order valence-corrected chi connectivity index (χ1v) is 6.35. The average molecular weight is 255 g/mol. The van der Waals surface area contributed by atoms with Crippen molar-refractivity contribution in [3.8, 4) is 11.3 Å². The molecule has 0 N–H and O–H groups in total. The van der Waals surface area contributed by atoms with E-state index >= 15 is 0 Å². The van der Waals surface area contributed by atoms with Gasteiger partial charge in [-0.1, -0.05) is 31.2 Å². The van der Waals surface area contributed by atoms with Gasteiger partial charge in [0.1, 0.15) is 0 Å². The third-order valence-corrected chi connectivity index (χ3v) is 3.34. The molecule has 1 aromatic carbocycles. The van der Waals surface area contributed by atoms with Gasteiger partial charge in [0.25, 0.3) is 5.56 Å². The maximum absolute atomic E-state index is 12.1. The van der Waals surface area contributed by atoms with Crippen LogP contribution in [0.15, 0.2) is 41.2 Å². The zero-order chi connectivity index (χ0) is 14.0. The lowest BCUT2D eigenvalue weighted by Crippen LogP contribution is -2.24. The molecule has 1 heterocycles. The molecule has 0 aliphatic heterocycles. The smallest absolute Gasteiger partial charge is 0.261 e. The Morgan fingerprint density at radius 3 is 2.26 bits per heavy atom. The Labute approximate surface area is 112 Å². The van der Waals surface area contributed by atoms with Crippen molar-refractivity contribution in [2.24, 2.45) is 7.05 Å². The van der Waals surface area contributed by atoms with Gasteiger partial charge in [0, 0.05) is 7.05 Å². The number of aryl methyl sites for hydroxylation is 1. The van der Waals surface area contributed by atoms with E-state index in [0.29, 0.717) is 0 Å². The average Bonchev–Trinajstić information content (AvgIpc) is 2.41. The number of hydrogen-bond acceptors (Lipinski definition) is 2. The number of hydrogen-bond donors (Lipinski definition) is 0. The Kier molecular flexibility index (Phi) is 3.65. The van der Waals surface area contributed by atoms with Crippen LogP contribution < -0.4 is 5.56 Å². The monoisotopic (exact) mass is 255 g/mol. The van der Waals surface area contributed by atoms with Gasteiger partial charge < -0.3 is 4.57 Å². The Hall–Kier alpha value is -2.16. The number of carbonyl (C=O) groups excluding carboxylic acids is 1. The van der Waals surface area contributed by atoms with Gasteiger partial charge in [0.2, 0.25) is 0 Å². The summed E-state index contributed by atoms with van der Waals surface area (Å²) in [6, 6.07) is 11.5. The second kappa shape index (κ2) is 5.22. The van der Waals surface area contributed by atoms with Gasteiger partial charge in [-0.25, -0.2) is 0 Å². The lowest BCUT2D eigenvalue weighted by molar-refractivity contribution is 0.101. The molecule has 98 valence electrons. The van der Waals surface area contributed by atoms with Crippen LogP contribution >= 0.6 is 0 Å². The Morgan fingerprint density at radius 1 is 1.11 bits per heavy atom. The van der Waals surface area contributed by atoms with Crippen LogP contribution in [0.3, 0.4) is 0 Å². The minimum Gasteiger partial charge on any atom is -0.311 e. The molecule has 0 spiro atoms. The third kappa shape index (κ3) is 2.50. The van der Waals surface area contributed by atoms with E-state index in [0.717, 1.165) is 17.7 Å². The highest BCUT2D eigenvalue weighted by molar-refractivity contribution is 5.93. The Bertz CT molecular complexity index is 666. The maximum Gasteiger partial charge on any atom is 0.261 e. The molecule has 0 fully saturated rings. The first-order chi connectivity index (χ1) is 9.04. The predicted molar refractivity (Wildman–Crippen MR) is 76.5 cm³/mol. The molecule has 3 nitrogen and oxygen atoms in total. The summed E-state index contributed by atoms with van der Waals surface area (Å²) in [4.78, 5) is 23.4. The molecule has 0 saturated heterocycles. The molecule has 2 aromatic rings. The van der Waals surface area contributed by atoms with E-state index in [-0.39, 0.29) is 16.9 Å². The zero-order valence-corrected chi connectivity index (χ0v) is 11.4. The molecular formula is C16H17NO2. The highest BCUT2D eigenvalue weighted by Crippen LogP contribution is 2.18. The molecule has 3 heteroatoms. The first-order valence-electron chi connectivity index (χ1n) is 6.35. The summed E-state index contributed by atoms with van der Waals surface area (Å²) < 4.78 is 1.53. The van der Waals surface area contributed by atoms with Gasteiger partial charge in [-0.15, -0.1) is 0 Å². The molecule has 2 rings (SSSR count). The summed E-state index contributed by atoms with van der Waals surface area (Å²) in [5.74, 6) is -0.200.